The number of thioether (sulfide) groups is 1. The second kappa shape index (κ2) is 5.27. The van der Waals surface area contributed by atoms with E-state index >= 15 is 0 Å². The first-order valence-electron chi connectivity index (χ1n) is 4.85. The second-order valence-electron chi connectivity index (χ2n) is 3.24. The first-order valence-corrected chi connectivity index (χ1v) is 6.48. The third kappa shape index (κ3) is 2.71. The molecule has 2 rings (SSSR count). The third-order valence-corrected chi connectivity index (χ3v) is 3.23. The fourth-order valence-corrected chi connectivity index (χ4v) is 1.62. The summed E-state index contributed by atoms with van der Waals surface area (Å²) in [5.74, 6) is 0. The van der Waals surface area contributed by atoms with Crippen LogP contribution in [-0.4, -0.2) is 15.6 Å². The lowest BCUT2D eigenvalue weighted by Crippen LogP contribution is -1.99. The predicted molar refractivity (Wildman–Crippen MR) is 72.6 cm³/mol. The smallest absolute Gasteiger partial charge is 0.220 e. The number of nitrogens with zero attached hydrogens (tertiary/aromatic N) is 1. The molecule has 4 heteroatoms. The largest absolute Gasteiger partial charge is 0.472 e. The first-order chi connectivity index (χ1) is 7.79. The molecule has 1 aromatic heterocycles. The van der Waals surface area contributed by atoms with E-state index < -0.39 is 0 Å². The number of benzene rings is 1. The van der Waals surface area contributed by atoms with E-state index in [1.54, 1.807) is 0 Å². The van der Waals surface area contributed by atoms with E-state index in [9.17, 15) is 0 Å². The molecule has 82 valence electrons. The molecule has 0 aliphatic heterocycles. The van der Waals surface area contributed by atoms with Crippen LogP contribution in [0.2, 0.25) is 0 Å². The maximum absolute atomic E-state index is 5.36. The van der Waals surface area contributed by atoms with Gasteiger partial charge in [-0.25, -0.2) is 4.98 Å². The minimum absolute atomic E-state index is 0.435. The summed E-state index contributed by atoms with van der Waals surface area (Å²) in [6.07, 6.45) is 1.90. The van der Waals surface area contributed by atoms with Gasteiger partial charge in [0.2, 0.25) is 4.38 Å². The molecule has 0 saturated carbocycles. The van der Waals surface area contributed by atoms with Crippen LogP contribution in [0.5, 0.6) is 0 Å². The minimum atomic E-state index is 0.435. The second-order valence-corrected chi connectivity index (χ2v) is 4.65. The van der Waals surface area contributed by atoms with Crippen LogP contribution >= 0.6 is 24.0 Å². The van der Waals surface area contributed by atoms with Crippen molar-refractivity contribution in [1.29, 1.82) is 0 Å². The zero-order valence-corrected chi connectivity index (χ0v) is 10.5. The van der Waals surface area contributed by atoms with E-state index in [2.05, 4.69) is 4.98 Å². The SMILES string of the molecule is CSC(=S)OCc1ccc2ccccc2n1. The first kappa shape index (κ1) is 11.4. The molecule has 1 aromatic carbocycles. The molecule has 0 N–H and O–H groups in total. The lowest BCUT2D eigenvalue weighted by molar-refractivity contribution is 0.305. The van der Waals surface area contributed by atoms with Crippen molar-refractivity contribution in [3.63, 3.8) is 0 Å². The monoisotopic (exact) mass is 249 g/mol. The fourth-order valence-electron chi connectivity index (χ4n) is 1.38. The number of thiocarbonyl (C=S) groups is 1. The number of para-hydroxylation sites is 1. The Morgan fingerprint density at radius 2 is 2.12 bits per heavy atom. The van der Waals surface area contributed by atoms with E-state index in [1.807, 2.05) is 42.7 Å². The Balaban J connectivity index is 2.16. The van der Waals surface area contributed by atoms with Crippen molar-refractivity contribution in [2.45, 2.75) is 6.61 Å². The fraction of sp³-hybridized carbons (Fsp3) is 0.167. The molecule has 0 radical (unpaired) electrons. The van der Waals surface area contributed by atoms with Gasteiger partial charge in [0, 0.05) is 5.39 Å². The maximum atomic E-state index is 5.36. The summed E-state index contributed by atoms with van der Waals surface area (Å²) in [6.45, 7) is 0.435. The Morgan fingerprint density at radius 3 is 2.94 bits per heavy atom. The number of fused-ring (bicyclic) bond motifs is 1. The van der Waals surface area contributed by atoms with Gasteiger partial charge in [-0.05, 0) is 30.6 Å². The number of rotatable bonds is 2. The van der Waals surface area contributed by atoms with Crippen LogP contribution in [0.3, 0.4) is 0 Å². The summed E-state index contributed by atoms with van der Waals surface area (Å²) in [7, 11) is 0. The van der Waals surface area contributed by atoms with Crippen LogP contribution in [0.4, 0.5) is 0 Å². The molecule has 0 aliphatic rings. The van der Waals surface area contributed by atoms with Crippen molar-refractivity contribution in [2.24, 2.45) is 0 Å². The highest BCUT2D eigenvalue weighted by atomic mass is 32.2. The minimum Gasteiger partial charge on any atom is -0.472 e. The average molecular weight is 249 g/mol. The Hall–Kier alpha value is -1.13. The molecular weight excluding hydrogens is 238 g/mol. The van der Waals surface area contributed by atoms with Crippen molar-refractivity contribution in [1.82, 2.24) is 4.98 Å². The Morgan fingerprint density at radius 1 is 1.31 bits per heavy atom. The molecule has 2 aromatic rings. The van der Waals surface area contributed by atoms with Gasteiger partial charge in [-0.1, -0.05) is 36.0 Å². The number of hydrogen-bond acceptors (Lipinski definition) is 4. The van der Waals surface area contributed by atoms with E-state index in [0.29, 0.717) is 11.0 Å². The molecule has 0 saturated heterocycles. The van der Waals surface area contributed by atoms with Crippen LogP contribution < -0.4 is 0 Å². The molecule has 0 fully saturated rings. The van der Waals surface area contributed by atoms with Crippen molar-refractivity contribution >= 4 is 39.3 Å². The maximum Gasteiger partial charge on any atom is 0.220 e. The third-order valence-electron chi connectivity index (χ3n) is 2.16. The lowest BCUT2D eigenvalue weighted by atomic mass is 10.2. The average Bonchev–Trinajstić information content (AvgIpc) is 2.35. The molecule has 16 heavy (non-hydrogen) atoms. The van der Waals surface area contributed by atoms with Gasteiger partial charge in [0.25, 0.3) is 0 Å². The van der Waals surface area contributed by atoms with Gasteiger partial charge in [0.15, 0.2) is 0 Å². The van der Waals surface area contributed by atoms with Gasteiger partial charge in [-0.2, -0.15) is 0 Å². The number of ether oxygens (including phenoxy) is 1. The highest BCUT2D eigenvalue weighted by molar-refractivity contribution is 8.22. The Kier molecular flexibility index (Phi) is 3.74. The summed E-state index contributed by atoms with van der Waals surface area (Å²) in [5.41, 5.74) is 1.88. The number of aromatic nitrogens is 1. The van der Waals surface area contributed by atoms with Crippen LogP contribution in [0, 0.1) is 0 Å². The van der Waals surface area contributed by atoms with Crippen molar-refractivity contribution < 1.29 is 4.74 Å². The molecule has 0 atom stereocenters. The summed E-state index contributed by atoms with van der Waals surface area (Å²) in [6, 6.07) is 12.0. The number of hydrogen-bond donors (Lipinski definition) is 0. The topological polar surface area (TPSA) is 22.1 Å². The number of pyridine rings is 1. The van der Waals surface area contributed by atoms with Crippen LogP contribution in [0.15, 0.2) is 36.4 Å². The summed E-state index contributed by atoms with van der Waals surface area (Å²) in [4.78, 5) is 4.49. The highest BCUT2D eigenvalue weighted by Crippen LogP contribution is 2.13. The summed E-state index contributed by atoms with van der Waals surface area (Å²) in [5, 5.41) is 1.14. The van der Waals surface area contributed by atoms with Crippen molar-refractivity contribution in [3.05, 3.63) is 42.1 Å². The van der Waals surface area contributed by atoms with E-state index in [4.69, 9.17) is 17.0 Å². The van der Waals surface area contributed by atoms with Gasteiger partial charge < -0.3 is 4.74 Å². The van der Waals surface area contributed by atoms with Gasteiger partial charge in [0.05, 0.1) is 11.2 Å². The molecule has 0 amide bonds. The van der Waals surface area contributed by atoms with Crippen molar-refractivity contribution in [2.75, 3.05) is 6.26 Å². The van der Waals surface area contributed by atoms with Crippen LogP contribution in [0.25, 0.3) is 10.9 Å². The van der Waals surface area contributed by atoms with Gasteiger partial charge in [-0.15, -0.1) is 0 Å². The Labute approximate surface area is 104 Å². The molecular formula is C12H11NOS2. The zero-order chi connectivity index (χ0) is 11.4. The van der Waals surface area contributed by atoms with Gasteiger partial charge in [-0.3, -0.25) is 0 Å². The lowest BCUT2D eigenvalue weighted by Gasteiger charge is -2.05. The molecule has 1 heterocycles. The molecule has 0 bridgehead atoms. The van der Waals surface area contributed by atoms with Crippen molar-refractivity contribution in [3.8, 4) is 0 Å². The van der Waals surface area contributed by atoms with Gasteiger partial charge in [0.1, 0.15) is 6.61 Å². The summed E-state index contributed by atoms with van der Waals surface area (Å²) >= 11 is 6.39. The van der Waals surface area contributed by atoms with Crippen LogP contribution in [-0.2, 0) is 11.3 Å². The molecule has 0 spiro atoms. The van der Waals surface area contributed by atoms with E-state index in [1.165, 1.54) is 11.8 Å². The van der Waals surface area contributed by atoms with Crippen LogP contribution in [0.1, 0.15) is 5.69 Å². The predicted octanol–water partition coefficient (Wildman–Crippen LogP) is 3.40. The molecule has 2 nitrogen and oxygen atoms in total. The zero-order valence-electron chi connectivity index (χ0n) is 8.84. The molecule has 0 unspecified atom stereocenters. The highest BCUT2D eigenvalue weighted by Gasteiger charge is 2.00. The normalized spacial score (nSPS) is 10.3. The van der Waals surface area contributed by atoms with Gasteiger partial charge >= 0.3 is 0 Å². The summed E-state index contributed by atoms with van der Waals surface area (Å²) < 4.78 is 5.91. The molecule has 0 aliphatic carbocycles. The quantitative estimate of drug-likeness (QED) is 0.761. The Bertz CT molecular complexity index is 513. The standard InChI is InChI=1S/C12H11NOS2/c1-16-12(15)14-8-10-7-6-9-4-2-3-5-11(9)13-10/h2-7H,8H2,1H3. The van der Waals surface area contributed by atoms with E-state index in [-0.39, 0.29) is 0 Å². The van der Waals surface area contributed by atoms with E-state index in [0.717, 1.165) is 16.6 Å².